The topological polar surface area (TPSA) is 142 Å². The van der Waals surface area contributed by atoms with E-state index in [0.29, 0.717) is 12.8 Å². The number of rotatable bonds is 14. The molecular weight excluding hydrogens is 504 g/mol. The normalized spacial score (nSPS) is 10.1. The molecule has 0 saturated heterocycles. The van der Waals surface area contributed by atoms with Crippen molar-refractivity contribution >= 4 is 24.2 Å². The highest BCUT2D eigenvalue weighted by atomic mass is 17.2. The number of ether oxygens (including phenoxy) is 6. The molecule has 0 fully saturated rings. The largest absolute Gasteiger partial charge is 0.511 e. The molecule has 2 aromatic rings. The lowest BCUT2D eigenvalue weighted by Crippen LogP contribution is -2.16. The maximum absolute atomic E-state index is 12.5. The van der Waals surface area contributed by atoms with Gasteiger partial charge in [0.1, 0.15) is 22.6 Å². The Morgan fingerprint density at radius 2 is 0.974 bits per heavy atom. The molecule has 0 heterocycles. The number of para-hydroxylation sites is 2. The number of carbonyl (C=O) groups excluding carboxylic acids is 4. The highest BCUT2D eigenvalue weighted by Gasteiger charge is 2.21. The summed E-state index contributed by atoms with van der Waals surface area (Å²) in [4.78, 5) is 57.3. The molecule has 0 N–H and O–H groups in total. The van der Waals surface area contributed by atoms with E-state index in [9.17, 15) is 19.2 Å². The van der Waals surface area contributed by atoms with E-state index in [1.165, 1.54) is 36.4 Å². The molecule has 0 aliphatic heterocycles. The minimum Gasteiger partial charge on any atom is -0.456 e. The molecule has 0 radical (unpaired) electrons. The zero-order chi connectivity index (χ0) is 27.6. The first-order chi connectivity index (χ1) is 18.5. The summed E-state index contributed by atoms with van der Waals surface area (Å²) in [6.45, 7) is 3.29. The Kier molecular flexibility index (Phi) is 13.4. The van der Waals surface area contributed by atoms with Gasteiger partial charge in [0.25, 0.3) is 0 Å². The number of hydrogen-bond acceptors (Lipinski definition) is 12. The van der Waals surface area contributed by atoms with Crippen LogP contribution in [-0.2, 0) is 28.7 Å². The molecule has 0 bridgehead atoms. The van der Waals surface area contributed by atoms with Crippen molar-refractivity contribution < 1.29 is 57.4 Å². The lowest BCUT2D eigenvalue weighted by Gasteiger charge is -2.12. The van der Waals surface area contributed by atoms with Crippen molar-refractivity contribution in [1.82, 2.24) is 0 Å². The third-order valence-electron chi connectivity index (χ3n) is 4.63. The van der Waals surface area contributed by atoms with Gasteiger partial charge >= 0.3 is 24.2 Å². The number of benzene rings is 2. The Bertz CT molecular complexity index is 969. The second-order valence-electron chi connectivity index (χ2n) is 7.45. The molecule has 2 rings (SSSR count). The standard InChI is InChI=1S/C26H30O12/c1-3-5-15-31-25(29)35-17-33-21-13-9-7-11-19(21)23(27)37-38-24(28)20-12-8-10-14-22(20)34-18-36-26(30)32-16-6-4-2/h7-14H,3-6,15-18H2,1-2H3. The van der Waals surface area contributed by atoms with Gasteiger partial charge in [-0.05, 0) is 37.1 Å². The van der Waals surface area contributed by atoms with Gasteiger partial charge in [0.15, 0.2) is 0 Å². The summed E-state index contributed by atoms with van der Waals surface area (Å²) < 4.78 is 29.9. The molecule has 0 amide bonds. The van der Waals surface area contributed by atoms with Gasteiger partial charge < -0.3 is 28.4 Å². The van der Waals surface area contributed by atoms with Crippen molar-refractivity contribution in [2.75, 3.05) is 26.8 Å². The molecule has 12 nitrogen and oxygen atoms in total. The summed E-state index contributed by atoms with van der Waals surface area (Å²) >= 11 is 0. The summed E-state index contributed by atoms with van der Waals surface area (Å²) in [5.41, 5.74) is -0.189. The van der Waals surface area contributed by atoms with Crippen LogP contribution in [0.1, 0.15) is 60.2 Å². The van der Waals surface area contributed by atoms with Crippen molar-refractivity contribution in [1.29, 1.82) is 0 Å². The summed E-state index contributed by atoms with van der Waals surface area (Å²) in [6, 6.07) is 11.8. The Morgan fingerprint density at radius 3 is 1.37 bits per heavy atom. The van der Waals surface area contributed by atoms with E-state index in [1.54, 1.807) is 12.1 Å². The minimum absolute atomic E-state index is 0.0154. The van der Waals surface area contributed by atoms with Crippen LogP contribution < -0.4 is 9.47 Å². The summed E-state index contributed by atoms with van der Waals surface area (Å²) in [7, 11) is 0. The minimum atomic E-state index is -1.05. The number of carbonyl (C=O) groups is 4. The molecular formula is C26H30O12. The van der Waals surface area contributed by atoms with Crippen LogP contribution in [0.3, 0.4) is 0 Å². The van der Waals surface area contributed by atoms with Crippen LogP contribution in [0.5, 0.6) is 11.5 Å². The first-order valence-corrected chi connectivity index (χ1v) is 11.9. The van der Waals surface area contributed by atoms with Gasteiger partial charge in [-0.25, -0.2) is 29.0 Å². The summed E-state index contributed by atoms with van der Waals surface area (Å²) in [6.07, 6.45) is 1.28. The number of hydrogen-bond donors (Lipinski definition) is 0. The van der Waals surface area contributed by atoms with Gasteiger partial charge in [0, 0.05) is 0 Å². The quantitative estimate of drug-likeness (QED) is 0.103. The van der Waals surface area contributed by atoms with E-state index >= 15 is 0 Å². The van der Waals surface area contributed by atoms with E-state index in [2.05, 4.69) is 9.78 Å². The van der Waals surface area contributed by atoms with Gasteiger partial charge in [0.2, 0.25) is 13.6 Å². The predicted molar refractivity (Wildman–Crippen MR) is 129 cm³/mol. The SMILES string of the molecule is CCCCOC(=O)OCOc1ccccc1C(=O)OOC(=O)c1ccccc1OCOC(=O)OCCCC. The maximum Gasteiger partial charge on any atom is 0.511 e. The number of unbranched alkanes of at least 4 members (excludes halogenated alkanes) is 2. The van der Waals surface area contributed by atoms with Crippen LogP contribution >= 0.6 is 0 Å². The molecule has 0 atom stereocenters. The van der Waals surface area contributed by atoms with Crippen LogP contribution in [0.2, 0.25) is 0 Å². The molecule has 2 aromatic carbocycles. The predicted octanol–water partition coefficient (Wildman–Crippen LogP) is 5.19. The van der Waals surface area contributed by atoms with E-state index in [1.807, 2.05) is 13.8 Å². The van der Waals surface area contributed by atoms with E-state index in [-0.39, 0.29) is 35.8 Å². The smallest absolute Gasteiger partial charge is 0.456 e. The van der Waals surface area contributed by atoms with Gasteiger partial charge in [0.05, 0.1) is 13.2 Å². The van der Waals surface area contributed by atoms with Gasteiger partial charge in [-0.1, -0.05) is 51.0 Å². The van der Waals surface area contributed by atoms with Crippen molar-refractivity contribution in [3.8, 4) is 11.5 Å². The van der Waals surface area contributed by atoms with Crippen LogP contribution in [0.15, 0.2) is 48.5 Å². The maximum atomic E-state index is 12.5. The lowest BCUT2D eigenvalue weighted by molar-refractivity contribution is -0.187. The fourth-order valence-electron chi connectivity index (χ4n) is 2.65. The lowest BCUT2D eigenvalue weighted by atomic mass is 10.2. The molecule has 206 valence electrons. The molecule has 38 heavy (non-hydrogen) atoms. The Balaban J connectivity index is 1.87. The Morgan fingerprint density at radius 1 is 0.579 bits per heavy atom. The average molecular weight is 535 g/mol. The van der Waals surface area contributed by atoms with E-state index in [0.717, 1.165) is 12.8 Å². The monoisotopic (exact) mass is 534 g/mol. The molecule has 0 spiro atoms. The van der Waals surface area contributed by atoms with Crippen LogP contribution in [0, 0.1) is 0 Å². The fraction of sp³-hybridized carbons (Fsp3) is 0.385. The van der Waals surface area contributed by atoms with Crippen molar-refractivity contribution in [2.24, 2.45) is 0 Å². The second kappa shape index (κ2) is 17.1. The zero-order valence-corrected chi connectivity index (χ0v) is 21.2. The highest BCUT2D eigenvalue weighted by molar-refractivity contribution is 5.95. The third-order valence-corrected chi connectivity index (χ3v) is 4.63. The third kappa shape index (κ3) is 10.6. The van der Waals surface area contributed by atoms with Crippen molar-refractivity contribution in [3.63, 3.8) is 0 Å². The molecule has 0 aliphatic rings. The van der Waals surface area contributed by atoms with E-state index in [4.69, 9.17) is 28.4 Å². The molecule has 12 heteroatoms. The zero-order valence-electron chi connectivity index (χ0n) is 21.2. The average Bonchev–Trinajstić information content (AvgIpc) is 2.92. The van der Waals surface area contributed by atoms with Gasteiger partial charge in [-0.3, -0.25) is 0 Å². The van der Waals surface area contributed by atoms with Crippen LogP contribution in [0.25, 0.3) is 0 Å². The highest BCUT2D eigenvalue weighted by Crippen LogP contribution is 2.22. The Labute approximate surface area is 219 Å². The van der Waals surface area contributed by atoms with Crippen molar-refractivity contribution in [2.45, 2.75) is 39.5 Å². The molecule has 0 aliphatic carbocycles. The Hall–Kier alpha value is -4.48. The second-order valence-corrected chi connectivity index (χ2v) is 7.45. The first kappa shape index (κ1) is 29.7. The summed E-state index contributed by atoms with van der Waals surface area (Å²) in [5, 5.41) is 0. The summed E-state index contributed by atoms with van der Waals surface area (Å²) in [5.74, 6) is -2.06. The van der Waals surface area contributed by atoms with Crippen LogP contribution in [-0.4, -0.2) is 51.0 Å². The molecule has 0 saturated carbocycles. The fourth-order valence-corrected chi connectivity index (χ4v) is 2.65. The van der Waals surface area contributed by atoms with E-state index < -0.39 is 37.8 Å². The van der Waals surface area contributed by atoms with Crippen molar-refractivity contribution in [3.05, 3.63) is 59.7 Å². The van der Waals surface area contributed by atoms with Gasteiger partial charge in [-0.15, -0.1) is 0 Å². The van der Waals surface area contributed by atoms with Crippen LogP contribution in [0.4, 0.5) is 9.59 Å². The van der Waals surface area contributed by atoms with Gasteiger partial charge in [-0.2, -0.15) is 0 Å². The first-order valence-electron chi connectivity index (χ1n) is 11.9. The molecule has 0 aromatic heterocycles. The molecule has 0 unspecified atom stereocenters.